The summed E-state index contributed by atoms with van der Waals surface area (Å²) in [5.74, 6) is 0.335. The average molecular weight is 363 g/mol. The summed E-state index contributed by atoms with van der Waals surface area (Å²) in [4.78, 5) is 8.41. The van der Waals surface area contributed by atoms with Crippen LogP contribution in [0.2, 0.25) is 0 Å². The van der Waals surface area contributed by atoms with Crippen molar-refractivity contribution in [2.45, 2.75) is 18.7 Å². The number of aromatic nitrogens is 2. The molecule has 4 N–H and O–H groups in total. The first kappa shape index (κ1) is 17.6. The third-order valence-corrected chi connectivity index (χ3v) is 6.17. The lowest BCUT2D eigenvalue weighted by Gasteiger charge is -2.26. The number of hydrogen-bond donors (Lipinski definition) is 2. The van der Waals surface area contributed by atoms with Crippen LogP contribution in [0, 0.1) is 13.8 Å². The number of nitrogens with zero attached hydrogens (tertiary/aromatic N) is 3. The van der Waals surface area contributed by atoms with Gasteiger partial charge < -0.3 is 16.2 Å². The predicted molar refractivity (Wildman–Crippen MR) is 95.3 cm³/mol. The third-order valence-electron chi connectivity index (χ3n) is 4.27. The van der Waals surface area contributed by atoms with E-state index in [2.05, 4.69) is 9.97 Å². The number of hydrogen-bond acceptors (Lipinski definition) is 7. The first-order chi connectivity index (χ1) is 11.8. The summed E-state index contributed by atoms with van der Waals surface area (Å²) in [5.41, 5.74) is 14.4. The molecule has 0 aliphatic carbocycles. The molecule has 25 heavy (non-hydrogen) atoms. The van der Waals surface area contributed by atoms with Crippen LogP contribution >= 0.6 is 0 Å². The fourth-order valence-electron chi connectivity index (χ4n) is 2.77. The zero-order valence-corrected chi connectivity index (χ0v) is 15.0. The maximum Gasteiger partial charge on any atom is 0.243 e. The maximum atomic E-state index is 12.9. The Balaban J connectivity index is 2.11. The summed E-state index contributed by atoms with van der Waals surface area (Å²) < 4.78 is 32.4. The van der Waals surface area contributed by atoms with Gasteiger partial charge in [0.25, 0.3) is 0 Å². The molecule has 8 nitrogen and oxygen atoms in total. The maximum absolute atomic E-state index is 12.9. The van der Waals surface area contributed by atoms with Crippen molar-refractivity contribution in [3.8, 4) is 11.3 Å². The summed E-state index contributed by atoms with van der Waals surface area (Å²) in [6.07, 6.45) is 0. The number of sulfonamides is 1. The van der Waals surface area contributed by atoms with Crippen molar-refractivity contribution in [1.29, 1.82) is 0 Å². The summed E-state index contributed by atoms with van der Waals surface area (Å²) in [7, 11) is -3.59. The summed E-state index contributed by atoms with van der Waals surface area (Å²) >= 11 is 0. The second-order valence-electron chi connectivity index (χ2n) is 5.93. The monoisotopic (exact) mass is 363 g/mol. The lowest BCUT2D eigenvalue weighted by molar-refractivity contribution is 0.0730. The highest BCUT2D eigenvalue weighted by Gasteiger charge is 2.27. The Bertz CT molecular complexity index is 908. The van der Waals surface area contributed by atoms with E-state index in [1.807, 2.05) is 6.92 Å². The van der Waals surface area contributed by atoms with E-state index in [1.54, 1.807) is 25.1 Å². The molecule has 2 heterocycles. The van der Waals surface area contributed by atoms with E-state index in [9.17, 15) is 8.42 Å². The minimum atomic E-state index is -3.59. The van der Waals surface area contributed by atoms with Crippen LogP contribution in [0.15, 0.2) is 23.1 Å². The van der Waals surface area contributed by atoms with E-state index in [4.69, 9.17) is 16.2 Å². The first-order valence-corrected chi connectivity index (χ1v) is 9.33. The van der Waals surface area contributed by atoms with Gasteiger partial charge in [0.2, 0.25) is 16.0 Å². The average Bonchev–Trinajstić information content (AvgIpc) is 2.59. The summed E-state index contributed by atoms with van der Waals surface area (Å²) in [5, 5.41) is 0. The van der Waals surface area contributed by atoms with Gasteiger partial charge in [0.05, 0.1) is 23.8 Å². The standard InChI is InChI=1S/C16H21N5O3S/c1-10-3-4-12(25(22,23)21-5-7-24-8-6-21)9-13(10)14-11(2)15(17)20-16(18)19-14/h3-4,9H,5-8H2,1-2H3,(H4,17,18,19,20). The quantitative estimate of drug-likeness (QED) is 0.831. The molecule has 1 saturated heterocycles. The SMILES string of the molecule is Cc1ccc(S(=O)(=O)N2CCOCC2)cc1-c1nc(N)nc(N)c1C. The zero-order valence-electron chi connectivity index (χ0n) is 14.2. The van der Waals surface area contributed by atoms with Crippen LogP contribution in [0.25, 0.3) is 11.3 Å². The fraction of sp³-hybridized carbons (Fsp3) is 0.375. The molecule has 1 fully saturated rings. The zero-order chi connectivity index (χ0) is 18.2. The summed E-state index contributed by atoms with van der Waals surface area (Å²) in [6, 6.07) is 4.98. The van der Waals surface area contributed by atoms with Crippen molar-refractivity contribution >= 4 is 21.8 Å². The molecule has 0 unspecified atom stereocenters. The molecule has 0 radical (unpaired) electrons. The van der Waals surface area contributed by atoms with Crippen molar-refractivity contribution < 1.29 is 13.2 Å². The number of aryl methyl sites for hydroxylation is 1. The smallest absolute Gasteiger partial charge is 0.243 e. The van der Waals surface area contributed by atoms with Crippen molar-refractivity contribution in [3.63, 3.8) is 0 Å². The second kappa shape index (κ2) is 6.58. The Labute approximate surface area is 146 Å². The molecule has 9 heteroatoms. The van der Waals surface area contributed by atoms with Crippen molar-refractivity contribution in [2.24, 2.45) is 0 Å². The van der Waals surface area contributed by atoms with Crippen molar-refractivity contribution in [3.05, 3.63) is 29.3 Å². The Morgan fingerprint density at radius 3 is 2.48 bits per heavy atom. The lowest BCUT2D eigenvalue weighted by atomic mass is 10.0. The largest absolute Gasteiger partial charge is 0.383 e. The van der Waals surface area contributed by atoms with Gasteiger partial charge in [0.15, 0.2) is 0 Å². The van der Waals surface area contributed by atoms with Crippen LogP contribution in [-0.4, -0.2) is 49.0 Å². The van der Waals surface area contributed by atoms with Gasteiger partial charge in [-0.05, 0) is 31.5 Å². The number of morpholine rings is 1. The van der Waals surface area contributed by atoms with E-state index in [0.717, 1.165) is 5.56 Å². The predicted octanol–water partition coefficient (Wildman–Crippen LogP) is 0.946. The Kier molecular flexibility index (Phi) is 4.63. The minimum Gasteiger partial charge on any atom is -0.383 e. The summed E-state index contributed by atoms with van der Waals surface area (Å²) in [6.45, 7) is 5.16. The molecule has 3 rings (SSSR count). The number of ether oxygens (including phenoxy) is 1. The molecule has 0 atom stereocenters. The second-order valence-corrected chi connectivity index (χ2v) is 7.87. The normalized spacial score (nSPS) is 16.1. The molecule has 134 valence electrons. The fourth-order valence-corrected chi connectivity index (χ4v) is 4.20. The topological polar surface area (TPSA) is 124 Å². The minimum absolute atomic E-state index is 0.0546. The molecule has 1 aromatic heterocycles. The molecular weight excluding hydrogens is 342 g/mol. The van der Waals surface area contributed by atoms with Crippen LogP contribution < -0.4 is 11.5 Å². The number of rotatable bonds is 3. The van der Waals surface area contributed by atoms with Crippen LogP contribution in [0.4, 0.5) is 11.8 Å². The molecule has 1 aliphatic heterocycles. The molecule has 0 amide bonds. The van der Waals surface area contributed by atoms with Gasteiger partial charge in [-0.1, -0.05) is 6.07 Å². The molecule has 1 aromatic carbocycles. The van der Waals surface area contributed by atoms with Crippen LogP contribution in [-0.2, 0) is 14.8 Å². The highest BCUT2D eigenvalue weighted by atomic mass is 32.2. The van der Waals surface area contributed by atoms with Crippen LogP contribution in [0.5, 0.6) is 0 Å². The Hall–Kier alpha value is -2.23. The molecule has 0 saturated carbocycles. The van der Waals surface area contributed by atoms with Gasteiger partial charge in [-0.25, -0.2) is 13.4 Å². The van der Waals surface area contributed by atoms with E-state index >= 15 is 0 Å². The van der Waals surface area contributed by atoms with Gasteiger partial charge in [-0.3, -0.25) is 0 Å². The lowest BCUT2D eigenvalue weighted by Crippen LogP contribution is -2.40. The molecular formula is C16H21N5O3S. The van der Waals surface area contributed by atoms with Gasteiger partial charge in [-0.15, -0.1) is 0 Å². The molecule has 1 aliphatic rings. The van der Waals surface area contributed by atoms with Crippen molar-refractivity contribution in [1.82, 2.24) is 14.3 Å². The number of benzene rings is 1. The number of nitrogen functional groups attached to an aromatic ring is 2. The number of anilines is 2. The van der Waals surface area contributed by atoms with E-state index in [1.165, 1.54) is 4.31 Å². The molecule has 0 bridgehead atoms. The third kappa shape index (κ3) is 3.30. The van der Waals surface area contributed by atoms with Gasteiger partial charge in [0, 0.05) is 24.2 Å². The first-order valence-electron chi connectivity index (χ1n) is 7.89. The van der Waals surface area contributed by atoms with Gasteiger partial charge >= 0.3 is 0 Å². The Morgan fingerprint density at radius 1 is 1.12 bits per heavy atom. The van der Waals surface area contributed by atoms with Crippen LogP contribution in [0.3, 0.4) is 0 Å². The highest BCUT2D eigenvalue weighted by molar-refractivity contribution is 7.89. The van der Waals surface area contributed by atoms with E-state index in [0.29, 0.717) is 43.1 Å². The van der Waals surface area contributed by atoms with Gasteiger partial charge in [-0.2, -0.15) is 9.29 Å². The van der Waals surface area contributed by atoms with Crippen molar-refractivity contribution in [2.75, 3.05) is 37.8 Å². The van der Waals surface area contributed by atoms with Crippen LogP contribution in [0.1, 0.15) is 11.1 Å². The molecule has 2 aromatic rings. The van der Waals surface area contributed by atoms with E-state index in [-0.39, 0.29) is 16.7 Å². The van der Waals surface area contributed by atoms with E-state index < -0.39 is 10.0 Å². The molecule has 0 spiro atoms. The number of nitrogens with two attached hydrogens (primary N) is 2. The highest BCUT2D eigenvalue weighted by Crippen LogP contribution is 2.30. The van der Waals surface area contributed by atoms with Gasteiger partial charge in [0.1, 0.15) is 5.82 Å². The Morgan fingerprint density at radius 2 is 1.80 bits per heavy atom.